The van der Waals surface area contributed by atoms with Crippen LogP contribution in [0.3, 0.4) is 0 Å². The Kier molecular flexibility index (Phi) is 5.26. The van der Waals surface area contributed by atoms with Crippen LogP contribution in [0.1, 0.15) is 17.0 Å². The number of carbonyl (C=O) groups excluding carboxylic acids is 1. The van der Waals surface area contributed by atoms with E-state index in [2.05, 4.69) is 10.3 Å². The highest BCUT2D eigenvalue weighted by molar-refractivity contribution is 5.92. The summed E-state index contributed by atoms with van der Waals surface area (Å²) in [6.07, 6.45) is 0.759. The number of hydrogen-bond acceptors (Lipinski definition) is 4. The van der Waals surface area contributed by atoms with E-state index in [1.165, 1.54) is 0 Å². The van der Waals surface area contributed by atoms with Crippen LogP contribution in [0.5, 0.6) is 0 Å². The van der Waals surface area contributed by atoms with Crippen molar-refractivity contribution >= 4 is 11.6 Å². The fourth-order valence-electron chi connectivity index (χ4n) is 2.54. The number of carbonyl (C=O) groups is 1. The molecule has 0 spiro atoms. The van der Waals surface area contributed by atoms with E-state index >= 15 is 0 Å². The van der Waals surface area contributed by atoms with Crippen LogP contribution in [0.4, 0.5) is 5.69 Å². The Balaban J connectivity index is 1.66. The predicted octanol–water partition coefficient (Wildman–Crippen LogP) is 3.37. The molecular formula is C20H20N2O3. The summed E-state index contributed by atoms with van der Waals surface area (Å²) in [5.74, 6) is 1.02. The molecule has 1 heterocycles. The molecule has 1 aromatic heterocycles. The Morgan fingerprint density at radius 2 is 1.84 bits per heavy atom. The second-order valence-corrected chi connectivity index (χ2v) is 5.78. The van der Waals surface area contributed by atoms with Crippen molar-refractivity contribution in [3.05, 3.63) is 71.6 Å². The quantitative estimate of drug-likeness (QED) is 0.724. The molecule has 2 N–H and O–H groups in total. The number of rotatable bonds is 6. The summed E-state index contributed by atoms with van der Waals surface area (Å²) >= 11 is 0. The molecule has 0 radical (unpaired) electrons. The first-order valence-corrected chi connectivity index (χ1v) is 8.17. The van der Waals surface area contributed by atoms with Gasteiger partial charge in [-0.05, 0) is 43.2 Å². The number of amides is 1. The van der Waals surface area contributed by atoms with E-state index in [0.29, 0.717) is 23.8 Å². The van der Waals surface area contributed by atoms with Gasteiger partial charge in [0.05, 0.1) is 12.1 Å². The van der Waals surface area contributed by atoms with Crippen molar-refractivity contribution in [3.8, 4) is 11.5 Å². The highest BCUT2D eigenvalue weighted by atomic mass is 16.4. The van der Waals surface area contributed by atoms with Crippen molar-refractivity contribution in [2.75, 3.05) is 11.9 Å². The summed E-state index contributed by atoms with van der Waals surface area (Å²) in [6, 6.07) is 17.0. The van der Waals surface area contributed by atoms with Crippen LogP contribution in [0.25, 0.3) is 11.5 Å². The summed E-state index contributed by atoms with van der Waals surface area (Å²) in [7, 11) is 0. The van der Waals surface area contributed by atoms with Gasteiger partial charge in [0, 0.05) is 17.9 Å². The van der Waals surface area contributed by atoms with Gasteiger partial charge in [-0.3, -0.25) is 4.79 Å². The largest absolute Gasteiger partial charge is 0.441 e. The maximum atomic E-state index is 12.3. The van der Waals surface area contributed by atoms with Crippen LogP contribution in [-0.2, 0) is 17.6 Å². The second-order valence-electron chi connectivity index (χ2n) is 5.78. The molecule has 5 nitrogen and oxygen atoms in total. The van der Waals surface area contributed by atoms with Crippen LogP contribution in [0.2, 0.25) is 0 Å². The van der Waals surface area contributed by atoms with Crippen molar-refractivity contribution in [3.63, 3.8) is 0 Å². The number of aliphatic hydroxyl groups excluding tert-OH is 1. The van der Waals surface area contributed by atoms with Crippen LogP contribution in [-0.4, -0.2) is 22.6 Å². The van der Waals surface area contributed by atoms with E-state index in [4.69, 9.17) is 9.52 Å². The second kappa shape index (κ2) is 7.77. The van der Waals surface area contributed by atoms with Gasteiger partial charge in [0.2, 0.25) is 11.8 Å². The zero-order valence-corrected chi connectivity index (χ0v) is 14.0. The number of benzene rings is 2. The summed E-state index contributed by atoms with van der Waals surface area (Å²) in [5, 5.41) is 11.8. The first-order valence-electron chi connectivity index (χ1n) is 8.17. The minimum atomic E-state index is -0.147. The number of aryl methyl sites for hydroxylation is 1. The van der Waals surface area contributed by atoms with E-state index in [0.717, 1.165) is 16.8 Å². The monoisotopic (exact) mass is 336 g/mol. The van der Waals surface area contributed by atoms with Gasteiger partial charge in [-0.1, -0.05) is 30.3 Å². The summed E-state index contributed by atoms with van der Waals surface area (Å²) in [6.45, 7) is 1.92. The molecule has 0 aliphatic carbocycles. The molecule has 0 saturated carbocycles. The molecule has 2 aromatic carbocycles. The lowest BCUT2D eigenvalue weighted by Crippen LogP contribution is -2.15. The van der Waals surface area contributed by atoms with Crippen LogP contribution >= 0.6 is 0 Å². The molecule has 0 fully saturated rings. The van der Waals surface area contributed by atoms with Crippen molar-refractivity contribution in [1.29, 1.82) is 0 Å². The zero-order valence-electron chi connectivity index (χ0n) is 14.0. The topological polar surface area (TPSA) is 75.4 Å². The predicted molar refractivity (Wildman–Crippen MR) is 96.2 cm³/mol. The lowest BCUT2D eigenvalue weighted by atomic mass is 10.1. The molecular weight excluding hydrogens is 316 g/mol. The van der Waals surface area contributed by atoms with E-state index < -0.39 is 0 Å². The molecule has 0 saturated heterocycles. The number of aromatic nitrogens is 1. The van der Waals surface area contributed by atoms with Gasteiger partial charge in [0.25, 0.3) is 0 Å². The van der Waals surface area contributed by atoms with E-state index in [1.807, 2.05) is 61.5 Å². The number of hydrogen-bond donors (Lipinski definition) is 2. The Morgan fingerprint density at radius 1 is 1.12 bits per heavy atom. The summed E-state index contributed by atoms with van der Waals surface area (Å²) < 4.78 is 5.68. The molecule has 5 heteroatoms. The molecule has 3 aromatic rings. The van der Waals surface area contributed by atoms with Crippen LogP contribution in [0.15, 0.2) is 59.0 Å². The smallest absolute Gasteiger partial charge is 0.230 e. The normalized spacial score (nSPS) is 10.6. The third-order valence-corrected chi connectivity index (χ3v) is 3.88. The van der Waals surface area contributed by atoms with Crippen molar-refractivity contribution in [1.82, 2.24) is 4.98 Å². The molecule has 25 heavy (non-hydrogen) atoms. The van der Waals surface area contributed by atoms with Gasteiger partial charge in [-0.2, -0.15) is 0 Å². The fourth-order valence-corrected chi connectivity index (χ4v) is 2.54. The minimum Gasteiger partial charge on any atom is -0.441 e. The third-order valence-electron chi connectivity index (χ3n) is 3.88. The number of nitrogens with one attached hydrogen (secondary N) is 1. The highest BCUT2D eigenvalue weighted by Crippen LogP contribution is 2.22. The van der Waals surface area contributed by atoms with E-state index in [9.17, 15) is 4.79 Å². The minimum absolute atomic E-state index is 0.112. The maximum absolute atomic E-state index is 12.3. The number of oxazole rings is 1. The molecule has 0 atom stereocenters. The van der Waals surface area contributed by atoms with E-state index in [1.54, 1.807) is 0 Å². The van der Waals surface area contributed by atoms with Gasteiger partial charge >= 0.3 is 0 Å². The van der Waals surface area contributed by atoms with Crippen LogP contribution in [0, 0.1) is 6.92 Å². The number of anilines is 1. The van der Waals surface area contributed by atoms with Crippen LogP contribution < -0.4 is 5.32 Å². The molecule has 0 aliphatic rings. The lowest BCUT2D eigenvalue weighted by molar-refractivity contribution is -0.115. The van der Waals surface area contributed by atoms with Gasteiger partial charge in [0.1, 0.15) is 5.76 Å². The maximum Gasteiger partial charge on any atom is 0.230 e. The molecule has 0 bridgehead atoms. The van der Waals surface area contributed by atoms with Crippen molar-refractivity contribution in [2.45, 2.75) is 19.8 Å². The SMILES string of the molecule is Cc1oc(-c2ccccc2)nc1CC(=O)Nc1ccc(CCO)cc1. The van der Waals surface area contributed by atoms with Crippen molar-refractivity contribution < 1.29 is 14.3 Å². The average molecular weight is 336 g/mol. The van der Waals surface area contributed by atoms with Gasteiger partial charge in [0.15, 0.2) is 0 Å². The lowest BCUT2D eigenvalue weighted by Gasteiger charge is -2.05. The zero-order chi connectivity index (χ0) is 17.6. The molecule has 1 amide bonds. The first kappa shape index (κ1) is 16.9. The first-order chi connectivity index (χ1) is 12.2. The fraction of sp³-hybridized carbons (Fsp3) is 0.200. The molecule has 0 unspecified atom stereocenters. The highest BCUT2D eigenvalue weighted by Gasteiger charge is 2.14. The molecule has 0 aliphatic heterocycles. The Hall–Kier alpha value is -2.92. The van der Waals surface area contributed by atoms with Gasteiger partial charge in [-0.15, -0.1) is 0 Å². The van der Waals surface area contributed by atoms with Gasteiger partial charge < -0.3 is 14.8 Å². The third kappa shape index (κ3) is 4.33. The Labute approximate surface area is 146 Å². The number of aliphatic hydroxyl groups is 1. The van der Waals surface area contributed by atoms with Gasteiger partial charge in [-0.25, -0.2) is 4.98 Å². The summed E-state index contributed by atoms with van der Waals surface area (Å²) in [5.41, 5.74) is 3.27. The molecule has 128 valence electrons. The Morgan fingerprint density at radius 3 is 2.52 bits per heavy atom. The summed E-state index contributed by atoms with van der Waals surface area (Å²) in [4.78, 5) is 16.7. The Bertz CT molecular complexity index is 839. The van der Waals surface area contributed by atoms with Crippen molar-refractivity contribution in [2.24, 2.45) is 0 Å². The van der Waals surface area contributed by atoms with E-state index in [-0.39, 0.29) is 18.9 Å². The molecule has 3 rings (SSSR count). The number of nitrogens with zero attached hydrogens (tertiary/aromatic N) is 1. The standard InChI is InChI=1S/C20H20N2O3/c1-14-18(22-20(25-14)16-5-3-2-4-6-16)13-19(24)21-17-9-7-15(8-10-17)11-12-23/h2-10,23H,11-13H2,1H3,(H,21,24). The average Bonchev–Trinajstić information content (AvgIpc) is 2.98.